The average molecular weight is 606 g/mol. The van der Waals surface area contributed by atoms with Gasteiger partial charge >= 0.3 is 23.9 Å². The van der Waals surface area contributed by atoms with Gasteiger partial charge in [-0.15, -0.1) is 0 Å². The van der Waals surface area contributed by atoms with Crippen molar-refractivity contribution in [2.45, 2.75) is 93.0 Å². The fraction of sp³-hybridized carbons (Fsp3) is 0.643. The first-order valence-electron chi connectivity index (χ1n) is 12.7. The smallest absolute Gasteiger partial charge is 0.339 e. The van der Waals surface area contributed by atoms with Crippen LogP contribution in [0.2, 0.25) is 10.0 Å². The summed E-state index contributed by atoms with van der Waals surface area (Å²) in [5, 5.41) is 0.184. The number of benzene rings is 1. The molecule has 0 aliphatic carbocycles. The Hall–Kier alpha value is -2.56. The standard InChI is InChI=1S/C28H38Cl2O10/c1-26(2,3)23(32)38-17-18(39-24(33)27(4,5)6)20(40-25(34)28(7,8)9)22(37-19(17)21(31)35-10)36-15-13-11-12-14(29)16(15)30/h11-13,17-20,22H,1-10H3/t17-,18-,19-,20+,22+/m0/s1. The van der Waals surface area contributed by atoms with E-state index < -0.39 is 70.8 Å². The molecule has 1 saturated heterocycles. The van der Waals surface area contributed by atoms with Crippen molar-refractivity contribution < 1.29 is 47.6 Å². The molecule has 10 nitrogen and oxygen atoms in total. The largest absolute Gasteiger partial charge is 0.467 e. The van der Waals surface area contributed by atoms with E-state index >= 15 is 0 Å². The number of ether oxygens (including phenoxy) is 6. The molecule has 0 aromatic heterocycles. The Morgan fingerprint density at radius 3 is 1.62 bits per heavy atom. The van der Waals surface area contributed by atoms with Crippen LogP contribution in [0.25, 0.3) is 0 Å². The lowest BCUT2D eigenvalue weighted by Gasteiger charge is -2.44. The molecule has 0 N–H and O–H groups in total. The van der Waals surface area contributed by atoms with Crippen LogP contribution < -0.4 is 4.74 Å². The number of carbonyl (C=O) groups is 4. The zero-order chi connectivity index (χ0) is 30.8. The number of hydrogen-bond acceptors (Lipinski definition) is 10. The SMILES string of the molecule is COC(=O)[C@H]1O[C@@H](Oc2cccc(Cl)c2Cl)[C@H](OC(=O)C(C)(C)C)[C@@H](OC(=O)C(C)(C)C)[C@@H]1OC(=O)C(C)(C)C. The molecular weight excluding hydrogens is 567 g/mol. The number of carbonyl (C=O) groups excluding carboxylic acids is 4. The van der Waals surface area contributed by atoms with Gasteiger partial charge in [0.1, 0.15) is 10.8 Å². The topological polar surface area (TPSA) is 124 Å². The molecule has 1 aliphatic heterocycles. The zero-order valence-electron chi connectivity index (χ0n) is 24.5. The van der Waals surface area contributed by atoms with Crippen LogP contribution in [0.3, 0.4) is 0 Å². The minimum atomic E-state index is -1.64. The van der Waals surface area contributed by atoms with E-state index in [9.17, 15) is 19.2 Å². The highest BCUT2D eigenvalue weighted by atomic mass is 35.5. The van der Waals surface area contributed by atoms with Crippen LogP contribution in [-0.4, -0.2) is 61.7 Å². The molecule has 0 radical (unpaired) electrons. The lowest BCUT2D eigenvalue weighted by molar-refractivity contribution is -0.287. The van der Waals surface area contributed by atoms with Gasteiger partial charge in [-0.1, -0.05) is 29.3 Å². The third-order valence-electron chi connectivity index (χ3n) is 5.65. The maximum Gasteiger partial charge on any atom is 0.339 e. The lowest BCUT2D eigenvalue weighted by Crippen LogP contribution is -2.65. The molecule has 0 bridgehead atoms. The fourth-order valence-corrected chi connectivity index (χ4v) is 3.54. The summed E-state index contributed by atoms with van der Waals surface area (Å²) in [7, 11) is 1.11. The first-order valence-corrected chi connectivity index (χ1v) is 13.4. The second-order valence-electron chi connectivity index (χ2n) is 12.5. The average Bonchev–Trinajstić information content (AvgIpc) is 2.82. The molecule has 0 unspecified atom stereocenters. The number of rotatable bonds is 6. The van der Waals surface area contributed by atoms with E-state index in [1.54, 1.807) is 68.4 Å². The molecule has 1 heterocycles. The summed E-state index contributed by atoms with van der Waals surface area (Å²) in [5.41, 5.74) is -3.05. The summed E-state index contributed by atoms with van der Waals surface area (Å²) in [6.07, 6.45) is -7.86. The monoisotopic (exact) mass is 604 g/mol. The molecule has 0 saturated carbocycles. The lowest BCUT2D eigenvalue weighted by atomic mass is 9.93. The Morgan fingerprint density at radius 1 is 0.725 bits per heavy atom. The molecule has 1 aromatic rings. The summed E-state index contributed by atoms with van der Waals surface area (Å²) >= 11 is 12.5. The molecule has 12 heteroatoms. The van der Waals surface area contributed by atoms with Gasteiger partial charge in [0.25, 0.3) is 0 Å². The van der Waals surface area contributed by atoms with E-state index in [-0.39, 0.29) is 15.8 Å². The van der Waals surface area contributed by atoms with Crippen molar-refractivity contribution in [2.24, 2.45) is 16.2 Å². The van der Waals surface area contributed by atoms with Gasteiger partial charge in [-0.25, -0.2) is 4.79 Å². The molecule has 0 spiro atoms. The molecule has 1 fully saturated rings. The van der Waals surface area contributed by atoms with Crippen molar-refractivity contribution in [3.8, 4) is 5.75 Å². The van der Waals surface area contributed by atoms with E-state index in [0.717, 1.165) is 7.11 Å². The van der Waals surface area contributed by atoms with E-state index in [2.05, 4.69) is 0 Å². The quantitative estimate of drug-likeness (QED) is 0.318. The van der Waals surface area contributed by atoms with Gasteiger partial charge in [-0.3, -0.25) is 14.4 Å². The summed E-state index contributed by atoms with van der Waals surface area (Å²) < 4.78 is 34.2. The summed E-state index contributed by atoms with van der Waals surface area (Å²) in [5.74, 6) is -3.08. The van der Waals surface area contributed by atoms with Crippen LogP contribution >= 0.6 is 23.2 Å². The van der Waals surface area contributed by atoms with E-state index in [1.165, 1.54) is 12.1 Å². The molecule has 1 aliphatic rings. The van der Waals surface area contributed by atoms with E-state index in [1.807, 2.05) is 0 Å². The molecule has 5 atom stereocenters. The van der Waals surface area contributed by atoms with E-state index in [4.69, 9.17) is 51.6 Å². The number of esters is 4. The highest BCUT2D eigenvalue weighted by Gasteiger charge is 2.57. The van der Waals surface area contributed by atoms with Gasteiger partial charge in [0.05, 0.1) is 28.4 Å². The van der Waals surface area contributed by atoms with Crippen LogP contribution in [-0.2, 0) is 42.9 Å². The Balaban J connectivity index is 2.74. The Bertz CT molecular complexity index is 1110. The number of methoxy groups -OCH3 is 1. The summed E-state index contributed by atoms with van der Waals surface area (Å²) in [6, 6.07) is 4.57. The van der Waals surface area contributed by atoms with Crippen molar-refractivity contribution in [2.75, 3.05) is 7.11 Å². The third kappa shape index (κ3) is 8.24. The van der Waals surface area contributed by atoms with Gasteiger partial charge in [-0.05, 0) is 74.4 Å². The molecular formula is C28H38Cl2O10. The molecule has 0 amide bonds. The Morgan fingerprint density at radius 2 is 1.18 bits per heavy atom. The maximum absolute atomic E-state index is 13.2. The van der Waals surface area contributed by atoms with Crippen molar-refractivity contribution in [1.29, 1.82) is 0 Å². The molecule has 40 heavy (non-hydrogen) atoms. The first-order chi connectivity index (χ1) is 18.2. The molecule has 224 valence electrons. The minimum Gasteiger partial charge on any atom is -0.467 e. The first kappa shape index (κ1) is 33.6. The van der Waals surface area contributed by atoms with Crippen LogP contribution in [0, 0.1) is 16.2 Å². The van der Waals surface area contributed by atoms with Crippen molar-refractivity contribution in [1.82, 2.24) is 0 Å². The van der Waals surface area contributed by atoms with Gasteiger partial charge in [0.15, 0.2) is 18.3 Å². The summed E-state index contributed by atoms with van der Waals surface area (Å²) in [6.45, 7) is 14.5. The van der Waals surface area contributed by atoms with Crippen molar-refractivity contribution in [3.63, 3.8) is 0 Å². The highest BCUT2D eigenvalue weighted by Crippen LogP contribution is 2.38. The second-order valence-corrected chi connectivity index (χ2v) is 13.3. The van der Waals surface area contributed by atoms with Crippen molar-refractivity contribution in [3.05, 3.63) is 28.2 Å². The van der Waals surface area contributed by atoms with Gasteiger partial charge < -0.3 is 28.4 Å². The predicted octanol–water partition coefficient (Wildman–Crippen LogP) is 5.14. The molecule has 2 rings (SSSR count). The van der Waals surface area contributed by atoms with Crippen LogP contribution in [0.5, 0.6) is 5.75 Å². The third-order valence-corrected chi connectivity index (χ3v) is 6.46. The number of hydrogen-bond donors (Lipinski definition) is 0. The van der Waals surface area contributed by atoms with Crippen LogP contribution in [0.1, 0.15) is 62.3 Å². The van der Waals surface area contributed by atoms with Gasteiger partial charge in [-0.2, -0.15) is 0 Å². The highest BCUT2D eigenvalue weighted by molar-refractivity contribution is 6.42. The second kappa shape index (κ2) is 12.5. The van der Waals surface area contributed by atoms with Crippen molar-refractivity contribution >= 4 is 47.1 Å². The minimum absolute atomic E-state index is 0.0211. The maximum atomic E-state index is 13.2. The zero-order valence-corrected chi connectivity index (χ0v) is 26.0. The Kier molecular flexibility index (Phi) is 10.5. The normalized spacial score (nSPS) is 23.6. The predicted molar refractivity (Wildman–Crippen MR) is 146 cm³/mol. The van der Waals surface area contributed by atoms with Gasteiger partial charge in [0.2, 0.25) is 12.4 Å². The summed E-state index contributed by atoms with van der Waals surface area (Å²) in [4.78, 5) is 52.3. The van der Waals surface area contributed by atoms with E-state index in [0.29, 0.717) is 0 Å². The van der Waals surface area contributed by atoms with Crippen LogP contribution in [0.15, 0.2) is 18.2 Å². The fourth-order valence-electron chi connectivity index (χ4n) is 3.20. The van der Waals surface area contributed by atoms with Crippen LogP contribution in [0.4, 0.5) is 0 Å². The Labute approximate surface area is 244 Å². The van der Waals surface area contributed by atoms with Gasteiger partial charge in [0, 0.05) is 0 Å². The molecule has 1 aromatic carbocycles. The number of halogens is 2.